The summed E-state index contributed by atoms with van der Waals surface area (Å²) in [5.74, 6) is -2.61. The fourth-order valence-corrected chi connectivity index (χ4v) is 7.67. The van der Waals surface area contributed by atoms with Crippen molar-refractivity contribution >= 4 is 40.4 Å². The highest BCUT2D eigenvalue weighted by molar-refractivity contribution is 5.96. The number of aliphatic hydroxyl groups excluding tert-OH is 1. The van der Waals surface area contributed by atoms with E-state index in [1.807, 2.05) is 82.3 Å². The lowest BCUT2D eigenvalue weighted by Crippen LogP contribution is -2.57. The van der Waals surface area contributed by atoms with E-state index in [9.17, 15) is 29.1 Å². The molecular formula is C37H46N6O6. The van der Waals surface area contributed by atoms with Crippen molar-refractivity contribution in [1.29, 1.82) is 0 Å². The monoisotopic (exact) mass is 670 g/mol. The zero-order valence-electron chi connectivity index (χ0n) is 28.5. The Balaban J connectivity index is 1.34. The van der Waals surface area contributed by atoms with E-state index < -0.39 is 47.9 Å². The standard InChI is InChI=1S/C37H46N6O6/c1-36(2)31(37(36,3)4)35(49)42-15-14-38-32(46)27(16-22-10-6-5-7-11-22)41-33(47)29-18-24(44)20-43(29)34(48)28(40-30(45)21-42)17-23-19-39-26-13-9-8-12-25(23)26/h5-13,19,24,27-29,31,39,44H,14-18,20-21H2,1-4H3,(H,38,46)(H,40,45)(H,41,47)/t24-,27+,28-,29+/m1/s1. The fraction of sp³-hybridized carbons (Fsp3) is 0.486. The van der Waals surface area contributed by atoms with Gasteiger partial charge in [-0.3, -0.25) is 24.0 Å². The van der Waals surface area contributed by atoms with E-state index in [1.165, 1.54) is 9.80 Å². The zero-order valence-corrected chi connectivity index (χ0v) is 28.5. The van der Waals surface area contributed by atoms with Crippen molar-refractivity contribution in [2.75, 3.05) is 26.2 Å². The predicted molar refractivity (Wildman–Crippen MR) is 183 cm³/mol. The molecule has 2 saturated heterocycles. The maximum atomic E-state index is 14.4. The van der Waals surface area contributed by atoms with Crippen molar-refractivity contribution in [3.8, 4) is 0 Å². The summed E-state index contributed by atoms with van der Waals surface area (Å²) in [4.78, 5) is 75.5. The highest BCUT2D eigenvalue weighted by Gasteiger charge is 2.68. The number of amides is 5. The average Bonchev–Trinajstić information content (AvgIpc) is 3.44. The minimum Gasteiger partial charge on any atom is -0.391 e. The Bertz CT molecular complexity index is 1740. The molecule has 0 radical (unpaired) electrons. The van der Waals surface area contributed by atoms with Gasteiger partial charge in [0.05, 0.1) is 12.6 Å². The van der Waals surface area contributed by atoms with Crippen LogP contribution in [0.2, 0.25) is 0 Å². The van der Waals surface area contributed by atoms with Gasteiger partial charge in [0.15, 0.2) is 0 Å². The van der Waals surface area contributed by atoms with Gasteiger partial charge >= 0.3 is 0 Å². The molecule has 1 saturated carbocycles. The van der Waals surface area contributed by atoms with Crippen LogP contribution in [0.3, 0.4) is 0 Å². The Morgan fingerprint density at radius 3 is 2.29 bits per heavy atom. The number of para-hydroxylation sites is 1. The number of carbonyl (C=O) groups is 5. The van der Waals surface area contributed by atoms with E-state index in [1.54, 1.807) is 6.20 Å². The van der Waals surface area contributed by atoms with Crippen LogP contribution in [0, 0.1) is 16.7 Å². The summed E-state index contributed by atoms with van der Waals surface area (Å²) in [5, 5.41) is 20.2. The SMILES string of the molecule is CC1(C)C(C(=O)N2CCNC(=O)[C@H](Cc3ccccc3)NC(=O)[C@@H]3C[C@@H](O)CN3C(=O)[C@@H](Cc3c[nH]c4ccccc34)NC(=O)C2)C1(C)C. The lowest BCUT2D eigenvalue weighted by Gasteiger charge is -2.30. The lowest BCUT2D eigenvalue weighted by atomic mass is 10.0. The maximum Gasteiger partial charge on any atom is 0.246 e. The molecule has 3 heterocycles. The second-order valence-corrected chi connectivity index (χ2v) is 14.8. The molecular weight excluding hydrogens is 624 g/mol. The Morgan fingerprint density at radius 2 is 1.57 bits per heavy atom. The first kappa shape index (κ1) is 34.2. The number of hydrogen-bond donors (Lipinski definition) is 5. The zero-order chi connectivity index (χ0) is 35.1. The van der Waals surface area contributed by atoms with Gasteiger partial charge in [-0.1, -0.05) is 76.2 Å². The molecule has 6 rings (SSSR count). The summed E-state index contributed by atoms with van der Waals surface area (Å²) in [6.07, 6.45) is 1.12. The van der Waals surface area contributed by atoms with Crippen LogP contribution in [0.25, 0.3) is 10.9 Å². The third-order valence-corrected chi connectivity index (χ3v) is 11.1. The van der Waals surface area contributed by atoms with Crippen molar-refractivity contribution < 1.29 is 29.1 Å². The number of aromatic amines is 1. The van der Waals surface area contributed by atoms with Crippen LogP contribution in [0.15, 0.2) is 60.8 Å². The van der Waals surface area contributed by atoms with Gasteiger partial charge in [-0.05, 0) is 28.0 Å². The third kappa shape index (κ3) is 6.79. The second kappa shape index (κ2) is 13.3. The molecule has 5 N–H and O–H groups in total. The first-order chi connectivity index (χ1) is 23.3. The molecule has 3 aromatic rings. The van der Waals surface area contributed by atoms with E-state index in [4.69, 9.17) is 0 Å². The van der Waals surface area contributed by atoms with Crippen LogP contribution in [0.5, 0.6) is 0 Å². The summed E-state index contributed by atoms with van der Waals surface area (Å²) in [6.45, 7) is 7.80. The topological polar surface area (TPSA) is 164 Å². The average molecular weight is 671 g/mol. The Labute approximate surface area is 286 Å². The van der Waals surface area contributed by atoms with E-state index >= 15 is 0 Å². The summed E-state index contributed by atoms with van der Waals surface area (Å²) >= 11 is 0. The van der Waals surface area contributed by atoms with Gasteiger partial charge in [0.2, 0.25) is 29.5 Å². The lowest BCUT2D eigenvalue weighted by molar-refractivity contribution is -0.142. The van der Waals surface area contributed by atoms with Crippen LogP contribution >= 0.6 is 0 Å². The Hall–Kier alpha value is -4.71. The molecule has 0 unspecified atom stereocenters. The number of H-pyrrole nitrogens is 1. The molecule has 2 aromatic carbocycles. The molecule has 12 nitrogen and oxygen atoms in total. The van der Waals surface area contributed by atoms with Crippen LogP contribution in [0.1, 0.15) is 45.2 Å². The van der Waals surface area contributed by atoms with Crippen molar-refractivity contribution in [2.24, 2.45) is 16.7 Å². The number of aromatic nitrogens is 1. The van der Waals surface area contributed by atoms with Crippen molar-refractivity contribution in [2.45, 2.75) is 71.2 Å². The Kier molecular flexibility index (Phi) is 9.27. The largest absolute Gasteiger partial charge is 0.391 e. The number of nitrogens with one attached hydrogen (secondary N) is 4. The molecule has 1 aromatic heterocycles. The number of fused-ring (bicyclic) bond motifs is 2. The van der Waals surface area contributed by atoms with Crippen molar-refractivity contribution in [3.05, 3.63) is 71.9 Å². The summed E-state index contributed by atoms with van der Waals surface area (Å²) in [7, 11) is 0. The van der Waals surface area contributed by atoms with E-state index in [0.717, 1.165) is 22.0 Å². The van der Waals surface area contributed by atoms with Gasteiger partial charge in [-0.15, -0.1) is 0 Å². The molecule has 2 aliphatic heterocycles. The number of benzene rings is 2. The van der Waals surface area contributed by atoms with Gasteiger partial charge < -0.3 is 35.8 Å². The number of carbonyl (C=O) groups excluding carboxylic acids is 5. The van der Waals surface area contributed by atoms with Crippen molar-refractivity contribution in [1.82, 2.24) is 30.7 Å². The van der Waals surface area contributed by atoms with Crippen LogP contribution in [0.4, 0.5) is 0 Å². The van der Waals surface area contributed by atoms with Gasteiger partial charge in [0.1, 0.15) is 18.1 Å². The first-order valence-electron chi connectivity index (χ1n) is 17.0. The number of hydrogen-bond acceptors (Lipinski definition) is 6. The second-order valence-electron chi connectivity index (χ2n) is 14.8. The maximum absolute atomic E-state index is 14.4. The third-order valence-electron chi connectivity index (χ3n) is 11.1. The van der Waals surface area contributed by atoms with E-state index in [2.05, 4.69) is 20.9 Å². The summed E-state index contributed by atoms with van der Waals surface area (Å²) in [6, 6.07) is 13.8. The highest BCUT2D eigenvalue weighted by atomic mass is 16.3. The van der Waals surface area contributed by atoms with Crippen LogP contribution < -0.4 is 16.0 Å². The van der Waals surface area contributed by atoms with Gasteiger partial charge in [-0.25, -0.2) is 0 Å². The molecule has 49 heavy (non-hydrogen) atoms. The normalized spacial score (nSPS) is 26.3. The first-order valence-corrected chi connectivity index (χ1v) is 17.0. The number of nitrogens with zero attached hydrogens (tertiary/aromatic N) is 2. The smallest absolute Gasteiger partial charge is 0.246 e. The van der Waals surface area contributed by atoms with Crippen molar-refractivity contribution in [3.63, 3.8) is 0 Å². The molecule has 3 aliphatic rings. The van der Waals surface area contributed by atoms with E-state index in [0.29, 0.717) is 0 Å². The molecule has 1 aliphatic carbocycles. The molecule has 3 fully saturated rings. The fourth-order valence-electron chi connectivity index (χ4n) is 7.67. The molecule has 4 atom stereocenters. The summed E-state index contributed by atoms with van der Waals surface area (Å²) < 4.78 is 0. The Morgan fingerprint density at radius 1 is 0.878 bits per heavy atom. The molecule has 0 spiro atoms. The molecule has 12 heteroatoms. The van der Waals surface area contributed by atoms with Gasteiger partial charge in [0.25, 0.3) is 0 Å². The quantitative estimate of drug-likeness (QED) is 0.277. The minimum atomic E-state index is -1.09. The molecule has 5 amide bonds. The van der Waals surface area contributed by atoms with E-state index in [-0.39, 0.29) is 68.1 Å². The summed E-state index contributed by atoms with van der Waals surface area (Å²) in [5.41, 5.74) is 1.91. The van der Waals surface area contributed by atoms with Crippen LogP contribution in [-0.4, -0.2) is 99.8 Å². The molecule has 0 bridgehead atoms. The number of rotatable bonds is 5. The van der Waals surface area contributed by atoms with Gasteiger partial charge in [-0.2, -0.15) is 0 Å². The minimum absolute atomic E-state index is 0.0137. The number of aliphatic hydroxyl groups is 1. The van der Waals surface area contributed by atoms with Gasteiger partial charge in [0, 0.05) is 61.9 Å². The predicted octanol–water partition coefficient (Wildman–Crippen LogP) is 1.53. The molecule has 260 valence electrons. The highest BCUT2D eigenvalue weighted by Crippen LogP contribution is 2.68. The van der Waals surface area contributed by atoms with Crippen LogP contribution in [-0.2, 0) is 36.8 Å².